The van der Waals surface area contributed by atoms with E-state index in [2.05, 4.69) is 10.6 Å². The zero-order valence-corrected chi connectivity index (χ0v) is 26.3. The van der Waals surface area contributed by atoms with Crippen LogP contribution in [0.1, 0.15) is 18.4 Å². The molecule has 3 amide bonds. The quantitative estimate of drug-likeness (QED) is 0.0579. The van der Waals surface area contributed by atoms with Gasteiger partial charge in [-0.2, -0.15) is 11.7 Å². The first-order chi connectivity index (χ1) is 20.5. The van der Waals surface area contributed by atoms with Crippen LogP contribution in [0.3, 0.4) is 0 Å². The number of nitrogens with one attached hydrogen (secondary N) is 2. The SMILES string of the molecule is N#C/C(=C\c1ccc(F)cc1)C(=O)N1CCCC(C(=O)NCCOCCOCCOCCOCCOCCN[C-]=O)C1.[Tb]. The Hall–Kier alpha value is -2.12. The van der Waals surface area contributed by atoms with E-state index in [9.17, 15) is 24.0 Å². The van der Waals surface area contributed by atoms with E-state index in [1.54, 1.807) is 6.41 Å². The number of rotatable bonds is 22. The summed E-state index contributed by atoms with van der Waals surface area (Å²) in [6.45, 7) is 5.60. The Labute approximate surface area is 283 Å². The Kier molecular flexibility index (Phi) is 22.8. The maximum absolute atomic E-state index is 13.1. The van der Waals surface area contributed by atoms with Gasteiger partial charge in [-0.05, 0) is 36.6 Å². The van der Waals surface area contributed by atoms with Gasteiger partial charge in [0.25, 0.3) is 5.91 Å². The first kappa shape index (κ1) is 38.9. The van der Waals surface area contributed by atoms with Gasteiger partial charge in [-0.3, -0.25) is 9.59 Å². The molecule has 0 saturated carbocycles. The number of ether oxygens (including phenoxy) is 5. The molecule has 1 aliphatic rings. The van der Waals surface area contributed by atoms with Gasteiger partial charge in [-0.25, -0.2) is 4.39 Å². The Balaban J connectivity index is 0.00000924. The molecule has 0 bridgehead atoms. The summed E-state index contributed by atoms with van der Waals surface area (Å²) in [4.78, 5) is 37.0. The summed E-state index contributed by atoms with van der Waals surface area (Å²) >= 11 is 0. The summed E-state index contributed by atoms with van der Waals surface area (Å²) < 4.78 is 40.1. The van der Waals surface area contributed by atoms with Gasteiger partial charge < -0.3 is 44.0 Å². The number of nitrogens with zero attached hydrogens (tertiary/aromatic N) is 2. The molecule has 0 spiro atoms. The number of hydrogen-bond acceptors (Lipinski definition) is 9. The Morgan fingerprint density at radius 3 is 2.00 bits per heavy atom. The number of piperidine rings is 1. The van der Waals surface area contributed by atoms with E-state index in [1.807, 2.05) is 6.07 Å². The van der Waals surface area contributed by atoms with Crippen LogP contribution in [-0.4, -0.2) is 115 Å². The average molecular weight is 751 g/mol. The minimum atomic E-state index is -0.441. The number of benzene rings is 1. The summed E-state index contributed by atoms with van der Waals surface area (Å²) in [5, 5.41) is 14.7. The van der Waals surface area contributed by atoms with Gasteiger partial charge in [0.15, 0.2) is 0 Å². The normalized spacial score (nSPS) is 14.8. The Morgan fingerprint density at radius 1 is 0.930 bits per heavy atom. The van der Waals surface area contributed by atoms with Gasteiger partial charge in [-0.15, -0.1) is 0 Å². The van der Waals surface area contributed by atoms with E-state index in [1.165, 1.54) is 35.2 Å². The number of carbonyl (C=O) groups excluding carboxylic acids is 3. The Morgan fingerprint density at radius 2 is 1.47 bits per heavy atom. The molecular formula is C29H40FN4O8Tb-. The van der Waals surface area contributed by atoms with Crippen LogP contribution in [0.25, 0.3) is 6.08 Å². The summed E-state index contributed by atoms with van der Waals surface area (Å²) in [7, 11) is 0. The second kappa shape index (κ2) is 25.2. The maximum atomic E-state index is 13.1. The molecule has 1 unspecified atom stereocenters. The molecule has 2 N–H and O–H groups in total. The molecule has 0 aliphatic carbocycles. The summed E-state index contributed by atoms with van der Waals surface area (Å²) in [5.74, 6) is -1.37. The largest absolute Gasteiger partial charge is 0.528 e. The number of halogens is 1. The number of carbonyl (C=O) groups is 2. The fourth-order valence-corrected chi connectivity index (χ4v) is 3.96. The number of hydrogen-bond donors (Lipinski definition) is 2. The molecule has 1 radical (unpaired) electrons. The minimum absolute atomic E-state index is 0. The van der Waals surface area contributed by atoms with E-state index in [0.717, 1.165) is 0 Å². The predicted octanol–water partition coefficient (Wildman–Crippen LogP) is 0.827. The monoisotopic (exact) mass is 750 g/mol. The number of amides is 3. The van der Waals surface area contributed by atoms with E-state index < -0.39 is 11.7 Å². The van der Waals surface area contributed by atoms with Crippen molar-refractivity contribution in [2.24, 2.45) is 5.92 Å². The van der Waals surface area contributed by atoms with E-state index in [0.29, 0.717) is 104 Å². The van der Waals surface area contributed by atoms with Gasteiger partial charge in [-0.1, -0.05) is 12.1 Å². The van der Waals surface area contributed by atoms with Crippen LogP contribution in [0.15, 0.2) is 29.8 Å². The Bertz CT molecular complexity index is 1010. The fourth-order valence-electron chi connectivity index (χ4n) is 3.96. The topological polar surface area (TPSA) is 148 Å². The molecular weight excluding hydrogens is 710 g/mol. The summed E-state index contributed by atoms with van der Waals surface area (Å²) in [6, 6.07) is 7.43. The smallest absolute Gasteiger partial charge is 0.264 e. The molecule has 241 valence electrons. The van der Waals surface area contributed by atoms with Crippen LogP contribution in [0.2, 0.25) is 0 Å². The first-order valence-corrected chi connectivity index (χ1v) is 14.0. The van der Waals surface area contributed by atoms with Crippen LogP contribution in [-0.2, 0) is 38.1 Å². The first-order valence-electron chi connectivity index (χ1n) is 14.0. The third-order valence-electron chi connectivity index (χ3n) is 6.09. The molecule has 1 atom stereocenters. The third-order valence-corrected chi connectivity index (χ3v) is 6.09. The van der Waals surface area contributed by atoms with Gasteiger partial charge >= 0.3 is 0 Å². The van der Waals surface area contributed by atoms with Crippen molar-refractivity contribution in [2.45, 2.75) is 12.8 Å². The van der Waals surface area contributed by atoms with Crippen LogP contribution in [0, 0.1) is 61.7 Å². The summed E-state index contributed by atoms with van der Waals surface area (Å²) in [6.07, 6.45) is 4.29. The second-order valence-electron chi connectivity index (χ2n) is 9.19. The zero-order valence-electron chi connectivity index (χ0n) is 24.1. The van der Waals surface area contributed by atoms with Crippen LogP contribution < -0.4 is 10.6 Å². The molecule has 2 rings (SSSR count). The fraction of sp³-hybridized carbons (Fsp3) is 0.586. The standard InChI is InChI=1S/C29H40FN4O8.Tb/c30-27-5-3-24(4-6-27)20-26(21-31)29(37)34-9-1-2-25(22-34)28(36)33-8-11-39-13-15-41-17-19-42-18-16-40-14-12-38-10-7-32-23-35;/h3-6,20,25H,1-2,7-19,22H2,(H,32,35)(H,33,36);/q-1;/b26-20+;. The molecule has 1 fully saturated rings. The van der Waals surface area contributed by atoms with Crippen LogP contribution in [0.5, 0.6) is 0 Å². The number of likely N-dealkylation sites (tertiary alicyclic amines) is 1. The molecule has 1 saturated heterocycles. The molecule has 43 heavy (non-hydrogen) atoms. The van der Waals surface area contributed by atoms with Crippen molar-refractivity contribution >= 4 is 24.3 Å². The molecule has 1 aromatic carbocycles. The molecule has 1 aliphatic heterocycles. The van der Waals surface area contributed by atoms with Crippen molar-refractivity contribution in [3.8, 4) is 6.07 Å². The van der Waals surface area contributed by atoms with Gasteiger partial charge in [0.2, 0.25) is 5.91 Å². The molecule has 1 aromatic rings. The second-order valence-corrected chi connectivity index (χ2v) is 9.19. The molecule has 14 heteroatoms. The van der Waals surface area contributed by atoms with Crippen LogP contribution in [0.4, 0.5) is 4.39 Å². The van der Waals surface area contributed by atoms with Crippen molar-refractivity contribution in [2.75, 3.05) is 92.2 Å². The molecule has 1 heterocycles. The van der Waals surface area contributed by atoms with Crippen molar-refractivity contribution in [1.82, 2.24) is 15.5 Å². The zero-order chi connectivity index (χ0) is 30.3. The van der Waals surface area contributed by atoms with Gasteiger partial charge in [0.1, 0.15) is 17.5 Å². The average Bonchev–Trinajstić information content (AvgIpc) is 3.01. The molecule has 0 aromatic heterocycles. The minimum Gasteiger partial charge on any atom is -0.528 e. The van der Waals surface area contributed by atoms with Crippen molar-refractivity contribution in [3.05, 3.63) is 41.2 Å². The van der Waals surface area contributed by atoms with E-state index in [4.69, 9.17) is 23.7 Å². The summed E-state index contributed by atoms with van der Waals surface area (Å²) in [5.41, 5.74) is 0.491. The number of nitriles is 1. The van der Waals surface area contributed by atoms with Crippen molar-refractivity contribution in [1.29, 1.82) is 5.26 Å². The van der Waals surface area contributed by atoms with Crippen LogP contribution >= 0.6 is 0 Å². The van der Waals surface area contributed by atoms with E-state index >= 15 is 0 Å². The van der Waals surface area contributed by atoms with Crippen molar-refractivity contribution in [3.63, 3.8) is 0 Å². The third kappa shape index (κ3) is 17.7. The molecule has 12 nitrogen and oxygen atoms in total. The maximum Gasteiger partial charge on any atom is 0.264 e. The predicted molar refractivity (Wildman–Crippen MR) is 150 cm³/mol. The van der Waals surface area contributed by atoms with Gasteiger partial charge in [0.05, 0.1) is 72.0 Å². The van der Waals surface area contributed by atoms with E-state index in [-0.39, 0.29) is 62.6 Å². The van der Waals surface area contributed by atoms with Gasteiger partial charge in [0, 0.05) is 64.8 Å². The van der Waals surface area contributed by atoms with Crippen molar-refractivity contribution < 1.29 is 81.1 Å².